The maximum absolute atomic E-state index is 12.6. The number of ether oxygens (including phenoxy) is 1. The first kappa shape index (κ1) is 37.7. The van der Waals surface area contributed by atoms with Gasteiger partial charge in [-0.2, -0.15) is 4.98 Å². The number of unbranched alkanes of at least 4 members (excludes halogenated alkanes) is 2. The topological polar surface area (TPSA) is 214 Å². The van der Waals surface area contributed by atoms with Gasteiger partial charge in [0.2, 0.25) is 11.9 Å². The molecular weight excluding hydrogens is 650 g/mol. The summed E-state index contributed by atoms with van der Waals surface area (Å²) in [7, 11) is 1.69. The van der Waals surface area contributed by atoms with Crippen LogP contribution in [0.3, 0.4) is 0 Å². The van der Waals surface area contributed by atoms with Crippen LogP contribution in [-0.4, -0.2) is 122 Å². The van der Waals surface area contributed by atoms with Gasteiger partial charge in [-0.15, -0.1) is 11.8 Å². The van der Waals surface area contributed by atoms with E-state index >= 15 is 0 Å². The van der Waals surface area contributed by atoms with Gasteiger partial charge < -0.3 is 41.6 Å². The monoisotopic (exact) mass is 699 g/mol. The summed E-state index contributed by atoms with van der Waals surface area (Å²) in [6, 6.07) is 7.13. The number of methoxy groups -OCH3 is 1. The highest BCUT2D eigenvalue weighted by molar-refractivity contribution is 8.00. The quantitative estimate of drug-likeness (QED) is 0.0930. The highest BCUT2D eigenvalue weighted by Gasteiger charge is 2.25. The number of carboxylic acids is 2. The van der Waals surface area contributed by atoms with E-state index in [9.17, 15) is 19.5 Å². The number of nitrogens with zero attached hydrogens (tertiary/aromatic N) is 5. The number of amides is 1. The van der Waals surface area contributed by atoms with Crippen LogP contribution in [0.4, 0.5) is 11.8 Å². The van der Waals surface area contributed by atoms with Gasteiger partial charge in [0.15, 0.2) is 5.82 Å². The first-order valence-corrected chi connectivity index (χ1v) is 17.7. The van der Waals surface area contributed by atoms with Crippen LogP contribution in [0, 0.1) is 0 Å². The van der Waals surface area contributed by atoms with E-state index in [4.69, 9.17) is 21.3 Å². The lowest BCUT2D eigenvalue weighted by atomic mass is 10.1. The van der Waals surface area contributed by atoms with Crippen molar-refractivity contribution in [2.45, 2.75) is 57.0 Å². The Morgan fingerprint density at radius 3 is 2.49 bits per heavy atom. The summed E-state index contributed by atoms with van der Waals surface area (Å²) >= 11 is 0.950. The van der Waals surface area contributed by atoms with Crippen molar-refractivity contribution in [1.29, 1.82) is 0 Å². The molecule has 2 aromatic heterocycles. The van der Waals surface area contributed by atoms with E-state index in [0.717, 1.165) is 104 Å². The Morgan fingerprint density at radius 1 is 1.04 bits per heavy atom. The summed E-state index contributed by atoms with van der Waals surface area (Å²) in [6.07, 6.45) is 4.93. The third-order valence-electron chi connectivity index (χ3n) is 8.44. The van der Waals surface area contributed by atoms with Crippen molar-refractivity contribution in [1.82, 2.24) is 29.7 Å². The molecule has 8 N–H and O–H groups in total. The second-order valence-corrected chi connectivity index (χ2v) is 13.4. The SMILES string of the molecule is CCCCCNc1nc(N)nc2ccn(Cc3ccc(CN4CCN(CCNC(=O)[C@@H](CC(=O)O)SC[C@H](N)C(=O)O)CC4)cc3OC)c12. The van der Waals surface area contributed by atoms with Crippen LogP contribution in [0.25, 0.3) is 11.0 Å². The number of piperazine rings is 1. The van der Waals surface area contributed by atoms with E-state index in [-0.39, 0.29) is 11.7 Å². The first-order valence-electron chi connectivity index (χ1n) is 16.6. The zero-order chi connectivity index (χ0) is 35.3. The molecule has 1 amide bonds. The third kappa shape index (κ3) is 11.2. The predicted molar refractivity (Wildman–Crippen MR) is 191 cm³/mol. The van der Waals surface area contributed by atoms with Gasteiger partial charge in [0, 0.05) is 69.9 Å². The first-order chi connectivity index (χ1) is 23.6. The van der Waals surface area contributed by atoms with E-state index in [0.29, 0.717) is 19.6 Å². The highest BCUT2D eigenvalue weighted by Crippen LogP contribution is 2.27. The number of thioether (sulfide) groups is 1. The molecule has 15 nitrogen and oxygen atoms in total. The number of nitrogens with two attached hydrogens (primary N) is 2. The van der Waals surface area contributed by atoms with Crippen LogP contribution in [0.15, 0.2) is 30.5 Å². The summed E-state index contributed by atoms with van der Waals surface area (Å²) in [6.45, 7) is 8.72. The number of hydrogen-bond donors (Lipinski definition) is 6. The van der Waals surface area contributed by atoms with E-state index < -0.39 is 35.6 Å². The molecule has 0 saturated carbocycles. The fraction of sp³-hybridized carbons (Fsp3) is 0.545. The third-order valence-corrected chi connectivity index (χ3v) is 9.77. The molecule has 0 spiro atoms. The molecule has 0 bridgehead atoms. The van der Waals surface area contributed by atoms with Crippen LogP contribution in [0.1, 0.15) is 43.7 Å². The average Bonchev–Trinajstić information content (AvgIpc) is 3.48. The number of carbonyl (C=O) groups is 3. The summed E-state index contributed by atoms with van der Waals surface area (Å²) < 4.78 is 7.95. The molecule has 268 valence electrons. The molecule has 1 saturated heterocycles. The maximum atomic E-state index is 12.6. The van der Waals surface area contributed by atoms with Gasteiger partial charge in [-0.25, -0.2) is 4.98 Å². The Morgan fingerprint density at radius 2 is 1.80 bits per heavy atom. The number of hydrogen-bond acceptors (Lipinski definition) is 12. The summed E-state index contributed by atoms with van der Waals surface area (Å²) in [5.41, 5.74) is 15.4. The molecule has 1 fully saturated rings. The van der Waals surface area contributed by atoms with Crippen molar-refractivity contribution in [3.05, 3.63) is 41.6 Å². The normalized spacial score (nSPS) is 15.2. The predicted octanol–water partition coefficient (Wildman–Crippen LogP) is 1.89. The van der Waals surface area contributed by atoms with Gasteiger partial charge in [-0.1, -0.05) is 31.9 Å². The Balaban J connectivity index is 1.27. The summed E-state index contributed by atoms with van der Waals surface area (Å²) in [5, 5.41) is 23.5. The molecule has 0 unspecified atom stereocenters. The van der Waals surface area contributed by atoms with Crippen molar-refractivity contribution in [3.63, 3.8) is 0 Å². The molecule has 3 aromatic rings. The number of aliphatic carboxylic acids is 2. The summed E-state index contributed by atoms with van der Waals surface area (Å²) in [5.74, 6) is -1.01. The van der Waals surface area contributed by atoms with Gasteiger partial charge in [-0.3, -0.25) is 24.2 Å². The zero-order valence-corrected chi connectivity index (χ0v) is 29.1. The largest absolute Gasteiger partial charge is 0.496 e. The molecule has 2 atom stereocenters. The number of carbonyl (C=O) groups excluding carboxylic acids is 1. The molecule has 1 aliphatic rings. The van der Waals surface area contributed by atoms with Crippen LogP contribution >= 0.6 is 11.8 Å². The van der Waals surface area contributed by atoms with Crippen molar-refractivity contribution < 1.29 is 29.3 Å². The van der Waals surface area contributed by atoms with Gasteiger partial charge in [0.1, 0.15) is 17.3 Å². The maximum Gasteiger partial charge on any atom is 0.321 e. The molecular formula is C33H49N9O6S. The number of anilines is 2. The number of rotatable bonds is 20. The fourth-order valence-corrected chi connectivity index (χ4v) is 6.80. The molecule has 49 heavy (non-hydrogen) atoms. The lowest BCUT2D eigenvalue weighted by molar-refractivity contribution is -0.138. The van der Waals surface area contributed by atoms with Crippen LogP contribution in [-0.2, 0) is 27.5 Å². The molecule has 1 aliphatic heterocycles. The fourth-order valence-electron chi connectivity index (χ4n) is 5.72. The minimum Gasteiger partial charge on any atom is -0.496 e. The molecule has 0 aliphatic carbocycles. The molecule has 16 heteroatoms. The molecule has 0 radical (unpaired) electrons. The number of nitrogens with one attached hydrogen (secondary N) is 2. The Hall–Kier alpha value is -4.12. The van der Waals surface area contributed by atoms with Gasteiger partial charge in [0.05, 0.1) is 30.8 Å². The minimum absolute atomic E-state index is 0.0508. The van der Waals surface area contributed by atoms with E-state index in [2.05, 4.69) is 60.1 Å². The standard InChI is InChI=1S/C33H49N9O6S/c1-3-4-5-9-36-30-29-25(38-33(35)39-30)8-11-42(29)20-23-7-6-22(17-26(23)48-2)19-41-15-13-40(14-16-41)12-10-37-31(45)27(18-28(43)44)49-21-24(34)32(46)47/h6-8,11,17,24,27H,3-5,9-10,12-16,18-21,34H2,1-2H3,(H,37,45)(H,43,44)(H,46,47)(H3,35,36,38,39)/t24-,27+/m0/s1. The lowest BCUT2D eigenvalue weighted by Gasteiger charge is -2.34. The van der Waals surface area contributed by atoms with Crippen LogP contribution < -0.4 is 26.8 Å². The van der Waals surface area contributed by atoms with Gasteiger partial charge in [0.25, 0.3) is 0 Å². The highest BCUT2D eigenvalue weighted by atomic mass is 32.2. The Labute approximate surface area is 290 Å². The van der Waals surface area contributed by atoms with Crippen molar-refractivity contribution in [2.24, 2.45) is 5.73 Å². The molecule has 4 rings (SSSR count). The molecule has 3 heterocycles. The van der Waals surface area contributed by atoms with E-state index in [1.807, 2.05) is 12.3 Å². The number of carboxylic acid groups (broad SMARTS) is 2. The van der Waals surface area contributed by atoms with Crippen LogP contribution in [0.5, 0.6) is 5.75 Å². The zero-order valence-electron chi connectivity index (χ0n) is 28.3. The van der Waals surface area contributed by atoms with Gasteiger partial charge >= 0.3 is 11.9 Å². The summed E-state index contributed by atoms with van der Waals surface area (Å²) in [4.78, 5) is 48.4. The number of aromatic nitrogens is 3. The Bertz CT molecular complexity index is 1560. The minimum atomic E-state index is -1.19. The lowest BCUT2D eigenvalue weighted by Crippen LogP contribution is -2.48. The molecule has 1 aromatic carbocycles. The van der Waals surface area contributed by atoms with Crippen molar-refractivity contribution >= 4 is 52.4 Å². The second kappa shape index (κ2) is 18.6. The van der Waals surface area contributed by atoms with E-state index in [1.54, 1.807) is 7.11 Å². The second-order valence-electron chi connectivity index (χ2n) is 12.2. The number of nitrogen functional groups attached to an aromatic ring is 1. The smallest absolute Gasteiger partial charge is 0.321 e. The number of fused-ring (bicyclic) bond motifs is 1. The van der Waals surface area contributed by atoms with Crippen LogP contribution in [0.2, 0.25) is 0 Å². The van der Waals surface area contributed by atoms with E-state index in [1.165, 1.54) is 0 Å². The number of benzene rings is 1. The average molecular weight is 700 g/mol. The Kier molecular flexibility index (Phi) is 14.3. The van der Waals surface area contributed by atoms with Crippen molar-refractivity contribution in [3.8, 4) is 5.75 Å². The van der Waals surface area contributed by atoms with Crippen molar-refractivity contribution in [2.75, 3.05) is 69.7 Å². The van der Waals surface area contributed by atoms with Gasteiger partial charge in [-0.05, 0) is 24.1 Å².